The number of hydrogen-bond donors (Lipinski definition) is 0. The SMILES string of the molecule is S=P12c3cc(-c4ccccc4)ccc3Oc3ccc(-c4ccc(-c5ccccn5)cc4)c(c31)Oc1ccc(-c3ccccc3)cc12. The molecule has 7 aromatic rings. The minimum Gasteiger partial charge on any atom is -0.456 e. The fourth-order valence-electron chi connectivity index (χ4n) is 6.54. The molecule has 1 atom stereocenters. The molecule has 0 N–H and O–H groups in total. The molecule has 2 aliphatic rings. The highest BCUT2D eigenvalue weighted by Crippen LogP contribution is 2.60. The van der Waals surface area contributed by atoms with Gasteiger partial charge in [0.1, 0.15) is 23.0 Å². The zero-order valence-electron chi connectivity index (χ0n) is 24.6. The molecular weight excluding hydrogens is 601 g/mol. The minimum atomic E-state index is -2.64. The lowest BCUT2D eigenvalue weighted by molar-refractivity contribution is 0.467. The Bertz CT molecular complexity index is 2270. The highest BCUT2D eigenvalue weighted by atomic mass is 32.4. The molecule has 1 aromatic heterocycles. The molecule has 0 spiro atoms. The number of pyridine rings is 1. The van der Waals surface area contributed by atoms with Crippen LogP contribution in [0.1, 0.15) is 0 Å². The molecule has 0 saturated carbocycles. The highest BCUT2D eigenvalue weighted by Gasteiger charge is 2.44. The monoisotopic (exact) mass is 627 g/mol. The number of rotatable bonds is 4. The van der Waals surface area contributed by atoms with E-state index in [4.69, 9.17) is 21.3 Å². The number of benzene rings is 6. The minimum absolute atomic E-state index is 0.767. The average Bonchev–Trinajstić information content (AvgIpc) is 3.13. The lowest BCUT2D eigenvalue weighted by Gasteiger charge is -2.38. The Morgan fingerprint density at radius 2 is 1.00 bits per heavy atom. The van der Waals surface area contributed by atoms with Crippen LogP contribution in [-0.4, -0.2) is 4.98 Å². The van der Waals surface area contributed by atoms with E-state index in [1.165, 1.54) is 0 Å². The summed E-state index contributed by atoms with van der Waals surface area (Å²) in [6, 6.07) is 49.8. The van der Waals surface area contributed by atoms with Crippen molar-refractivity contribution in [2.24, 2.45) is 0 Å². The standard InChI is InChI=1S/C41H26NO2PS/c46-45-38-25-31(27-9-3-1-4-10-27)18-21-35(38)43-37-23-20-33(29-14-16-30(17-15-29)34-13-7-8-24-42-34)40(41(37)45)44-36-22-19-32(26-39(36)45)28-11-5-2-6-12-28/h1-26H. The molecule has 5 heteroatoms. The van der Waals surface area contributed by atoms with E-state index in [0.29, 0.717) is 0 Å². The van der Waals surface area contributed by atoms with Gasteiger partial charge < -0.3 is 9.47 Å². The van der Waals surface area contributed by atoms with Crippen LogP contribution in [0.15, 0.2) is 158 Å². The quantitative estimate of drug-likeness (QED) is 0.182. The molecule has 9 rings (SSSR count). The smallest absolute Gasteiger partial charge is 0.148 e. The number of aromatic nitrogens is 1. The molecule has 46 heavy (non-hydrogen) atoms. The lowest BCUT2D eigenvalue weighted by atomic mass is 10.0. The third-order valence-corrected chi connectivity index (χ3v) is 13.6. The van der Waals surface area contributed by atoms with Crippen LogP contribution in [0.4, 0.5) is 0 Å². The third kappa shape index (κ3) is 4.26. The van der Waals surface area contributed by atoms with Crippen molar-refractivity contribution >= 4 is 33.8 Å². The van der Waals surface area contributed by atoms with Gasteiger partial charge in [-0.3, -0.25) is 4.98 Å². The summed E-state index contributed by atoms with van der Waals surface area (Å²) < 4.78 is 13.5. The molecule has 2 aliphatic heterocycles. The zero-order chi connectivity index (χ0) is 30.7. The van der Waals surface area contributed by atoms with Gasteiger partial charge in [0.2, 0.25) is 0 Å². The first-order chi connectivity index (χ1) is 22.7. The Hall–Kier alpha value is -5.28. The molecule has 0 amide bonds. The normalized spacial score (nSPS) is 15.5. The second-order valence-corrected chi connectivity index (χ2v) is 15.8. The van der Waals surface area contributed by atoms with Gasteiger partial charge >= 0.3 is 0 Å². The van der Waals surface area contributed by atoms with E-state index in [0.717, 1.165) is 83.5 Å². The van der Waals surface area contributed by atoms with E-state index in [9.17, 15) is 0 Å². The van der Waals surface area contributed by atoms with E-state index < -0.39 is 6.04 Å². The maximum absolute atomic E-state index is 7.01. The van der Waals surface area contributed by atoms with E-state index in [-0.39, 0.29) is 0 Å². The van der Waals surface area contributed by atoms with E-state index in [2.05, 4.69) is 126 Å². The van der Waals surface area contributed by atoms with Crippen LogP contribution in [0.5, 0.6) is 23.0 Å². The molecular formula is C41H26NO2PS. The van der Waals surface area contributed by atoms with Crippen LogP contribution in [0.2, 0.25) is 0 Å². The topological polar surface area (TPSA) is 31.4 Å². The Morgan fingerprint density at radius 1 is 0.457 bits per heavy atom. The van der Waals surface area contributed by atoms with Gasteiger partial charge in [0.25, 0.3) is 0 Å². The Balaban J connectivity index is 1.27. The van der Waals surface area contributed by atoms with Gasteiger partial charge in [-0.05, 0) is 76.3 Å². The Labute approximate surface area is 272 Å². The first-order valence-corrected chi connectivity index (χ1v) is 18.0. The van der Waals surface area contributed by atoms with Gasteiger partial charge in [-0.1, -0.05) is 115 Å². The highest BCUT2D eigenvalue weighted by molar-refractivity contribution is 8.26. The average molecular weight is 628 g/mol. The number of ether oxygens (including phenoxy) is 2. The molecule has 0 aliphatic carbocycles. The van der Waals surface area contributed by atoms with Gasteiger partial charge in [0.05, 0.1) is 17.0 Å². The molecule has 3 heterocycles. The summed E-state index contributed by atoms with van der Waals surface area (Å²) in [5.41, 5.74) is 8.56. The summed E-state index contributed by atoms with van der Waals surface area (Å²) in [7, 11) is 0. The van der Waals surface area contributed by atoms with Crippen molar-refractivity contribution in [2.45, 2.75) is 0 Å². The number of hydrogen-bond acceptors (Lipinski definition) is 4. The van der Waals surface area contributed by atoms with Crippen molar-refractivity contribution in [3.8, 4) is 67.6 Å². The summed E-state index contributed by atoms with van der Waals surface area (Å²) in [6.07, 6.45) is 1.82. The maximum Gasteiger partial charge on any atom is 0.148 e. The maximum atomic E-state index is 7.01. The number of fused-ring (bicyclic) bond motifs is 4. The number of nitrogens with zero attached hydrogens (tertiary/aromatic N) is 1. The van der Waals surface area contributed by atoms with Crippen LogP contribution in [-0.2, 0) is 11.8 Å². The van der Waals surface area contributed by atoms with Gasteiger partial charge in [-0.15, -0.1) is 0 Å². The molecule has 0 bridgehead atoms. The molecule has 218 valence electrons. The van der Waals surface area contributed by atoms with Crippen molar-refractivity contribution in [1.82, 2.24) is 4.98 Å². The first kappa shape index (κ1) is 27.1. The van der Waals surface area contributed by atoms with Crippen molar-refractivity contribution < 1.29 is 9.47 Å². The van der Waals surface area contributed by atoms with Crippen LogP contribution >= 0.6 is 6.04 Å². The molecule has 0 saturated heterocycles. The van der Waals surface area contributed by atoms with Crippen molar-refractivity contribution in [1.29, 1.82) is 0 Å². The Kier molecular flexibility index (Phi) is 6.28. The molecule has 6 aromatic carbocycles. The van der Waals surface area contributed by atoms with Gasteiger partial charge in [-0.2, -0.15) is 0 Å². The summed E-state index contributed by atoms with van der Waals surface area (Å²) in [5.74, 6) is 3.16. The van der Waals surface area contributed by atoms with E-state index in [1.54, 1.807) is 0 Å². The summed E-state index contributed by atoms with van der Waals surface area (Å²) in [6.45, 7) is 0. The molecule has 0 fully saturated rings. The van der Waals surface area contributed by atoms with Gasteiger partial charge in [0.15, 0.2) is 0 Å². The summed E-state index contributed by atoms with van der Waals surface area (Å²) in [5, 5.41) is 3.08. The van der Waals surface area contributed by atoms with Gasteiger partial charge in [0, 0.05) is 27.9 Å². The van der Waals surface area contributed by atoms with Crippen LogP contribution in [0, 0.1) is 0 Å². The fraction of sp³-hybridized carbons (Fsp3) is 0. The first-order valence-electron chi connectivity index (χ1n) is 15.2. The van der Waals surface area contributed by atoms with Crippen LogP contribution in [0.3, 0.4) is 0 Å². The van der Waals surface area contributed by atoms with Crippen molar-refractivity contribution in [3.05, 3.63) is 158 Å². The summed E-state index contributed by atoms with van der Waals surface area (Å²) >= 11 is 7.01. The van der Waals surface area contributed by atoms with Gasteiger partial charge in [-0.25, -0.2) is 0 Å². The third-order valence-electron chi connectivity index (χ3n) is 8.81. The largest absolute Gasteiger partial charge is 0.456 e. The van der Waals surface area contributed by atoms with Crippen molar-refractivity contribution in [3.63, 3.8) is 0 Å². The second-order valence-electron chi connectivity index (χ2n) is 11.5. The Morgan fingerprint density at radius 3 is 1.61 bits per heavy atom. The van der Waals surface area contributed by atoms with Crippen molar-refractivity contribution in [2.75, 3.05) is 0 Å². The summed E-state index contributed by atoms with van der Waals surface area (Å²) in [4.78, 5) is 4.52. The molecule has 1 unspecified atom stereocenters. The van der Waals surface area contributed by atoms with E-state index >= 15 is 0 Å². The predicted octanol–water partition coefficient (Wildman–Crippen LogP) is 9.72. The second kappa shape index (κ2) is 10.7. The van der Waals surface area contributed by atoms with E-state index in [1.807, 2.05) is 36.5 Å². The zero-order valence-corrected chi connectivity index (χ0v) is 26.3. The molecule has 3 nitrogen and oxygen atoms in total. The lowest BCUT2D eigenvalue weighted by Crippen LogP contribution is -2.35. The predicted molar refractivity (Wildman–Crippen MR) is 192 cm³/mol. The van der Waals surface area contributed by atoms with Crippen LogP contribution in [0.25, 0.3) is 44.6 Å². The fourth-order valence-corrected chi connectivity index (χ4v) is 11.0. The van der Waals surface area contributed by atoms with Crippen LogP contribution < -0.4 is 25.4 Å². The molecule has 0 radical (unpaired) electrons.